The average molecular weight is 289 g/mol. The van der Waals surface area contributed by atoms with Crippen LogP contribution in [0.15, 0.2) is 27.6 Å². The van der Waals surface area contributed by atoms with E-state index in [1.807, 2.05) is 17.8 Å². The van der Waals surface area contributed by atoms with E-state index in [0.717, 1.165) is 10.0 Å². The molecule has 1 atom stereocenters. The van der Waals surface area contributed by atoms with Gasteiger partial charge in [-0.2, -0.15) is 0 Å². The monoisotopic (exact) mass is 288 g/mol. The van der Waals surface area contributed by atoms with Gasteiger partial charge in [-0.05, 0) is 24.6 Å². The molecule has 0 aliphatic heterocycles. The van der Waals surface area contributed by atoms with E-state index in [0.29, 0.717) is 0 Å². The Kier molecular flexibility index (Phi) is 4.27. The molecule has 0 aliphatic carbocycles. The second-order valence-electron chi connectivity index (χ2n) is 4.57. The van der Waals surface area contributed by atoms with Crippen LogP contribution in [0.2, 0.25) is 0 Å². The van der Waals surface area contributed by atoms with Gasteiger partial charge in [0.25, 0.3) is 0 Å². The third-order valence-electron chi connectivity index (χ3n) is 1.85. The summed E-state index contributed by atoms with van der Waals surface area (Å²) in [6.45, 7) is 8.34. The van der Waals surface area contributed by atoms with Gasteiger partial charge in [-0.1, -0.05) is 42.8 Å². The van der Waals surface area contributed by atoms with Gasteiger partial charge in [0.15, 0.2) is 0 Å². The summed E-state index contributed by atoms with van der Waals surface area (Å²) in [5.74, 6) is 0. The summed E-state index contributed by atoms with van der Waals surface area (Å²) in [5.41, 5.74) is 0.938. The van der Waals surface area contributed by atoms with Crippen LogP contribution in [0.3, 0.4) is 0 Å². The normalized spacial score (nSPS) is 14.0. The van der Waals surface area contributed by atoms with Crippen LogP contribution in [-0.4, -0.2) is 9.85 Å². The molecule has 0 bridgehead atoms. The van der Waals surface area contributed by atoms with Crippen molar-refractivity contribution >= 4 is 27.7 Å². The molecule has 0 fully saturated rings. The van der Waals surface area contributed by atoms with Gasteiger partial charge in [0.05, 0.1) is 6.10 Å². The third kappa shape index (κ3) is 4.17. The van der Waals surface area contributed by atoms with Crippen molar-refractivity contribution < 1.29 is 5.11 Å². The van der Waals surface area contributed by atoms with Gasteiger partial charge in [-0.25, -0.2) is 0 Å². The third-order valence-corrected chi connectivity index (χ3v) is 3.63. The van der Waals surface area contributed by atoms with Gasteiger partial charge < -0.3 is 5.11 Å². The molecule has 1 rings (SSSR count). The molecule has 0 radical (unpaired) electrons. The maximum Gasteiger partial charge on any atom is 0.0772 e. The molecule has 0 saturated heterocycles. The summed E-state index contributed by atoms with van der Waals surface area (Å²) in [6, 6.07) is 6.10. The van der Waals surface area contributed by atoms with E-state index in [-0.39, 0.29) is 4.75 Å². The highest BCUT2D eigenvalue weighted by Gasteiger charge is 2.13. The molecule has 15 heavy (non-hydrogen) atoms. The Morgan fingerprint density at radius 3 is 2.33 bits per heavy atom. The van der Waals surface area contributed by atoms with Crippen molar-refractivity contribution in [3.8, 4) is 0 Å². The van der Waals surface area contributed by atoms with Gasteiger partial charge in [-0.15, -0.1) is 11.8 Å². The lowest BCUT2D eigenvalue weighted by atomic mass is 10.1. The standard InChI is InChI=1S/C12H17BrOS/c1-8(14)10-6-5-9(7-11(10)13)15-12(2,3)4/h5-8,14H,1-4H3/t8-/m0/s1. The lowest BCUT2D eigenvalue weighted by molar-refractivity contribution is 0.198. The molecule has 0 heterocycles. The van der Waals surface area contributed by atoms with E-state index < -0.39 is 6.10 Å². The van der Waals surface area contributed by atoms with Crippen molar-refractivity contribution in [2.75, 3.05) is 0 Å². The maximum absolute atomic E-state index is 9.49. The first-order chi connectivity index (χ1) is 6.79. The summed E-state index contributed by atoms with van der Waals surface area (Å²) >= 11 is 5.31. The Balaban J connectivity index is 2.92. The van der Waals surface area contributed by atoms with Crippen molar-refractivity contribution in [3.05, 3.63) is 28.2 Å². The number of aliphatic hydroxyl groups is 1. The van der Waals surface area contributed by atoms with Gasteiger partial charge in [0.2, 0.25) is 0 Å². The molecule has 1 nitrogen and oxygen atoms in total. The fraction of sp³-hybridized carbons (Fsp3) is 0.500. The molecular formula is C12H17BrOS. The molecule has 0 aromatic heterocycles. The van der Waals surface area contributed by atoms with Gasteiger partial charge in [0, 0.05) is 14.1 Å². The molecule has 0 amide bonds. The van der Waals surface area contributed by atoms with Crippen molar-refractivity contribution in [1.82, 2.24) is 0 Å². The number of aliphatic hydroxyl groups excluding tert-OH is 1. The van der Waals surface area contributed by atoms with E-state index in [9.17, 15) is 5.11 Å². The van der Waals surface area contributed by atoms with Crippen LogP contribution in [0.1, 0.15) is 39.4 Å². The van der Waals surface area contributed by atoms with Crippen LogP contribution in [0, 0.1) is 0 Å². The second-order valence-corrected chi connectivity index (χ2v) is 7.33. The van der Waals surface area contributed by atoms with Crippen molar-refractivity contribution in [1.29, 1.82) is 0 Å². The van der Waals surface area contributed by atoms with Crippen molar-refractivity contribution in [3.63, 3.8) is 0 Å². The lowest BCUT2D eigenvalue weighted by Gasteiger charge is -2.18. The Morgan fingerprint density at radius 2 is 1.93 bits per heavy atom. The van der Waals surface area contributed by atoms with Gasteiger partial charge >= 0.3 is 0 Å². The molecule has 0 unspecified atom stereocenters. The SMILES string of the molecule is C[C@H](O)c1ccc(SC(C)(C)C)cc1Br. The van der Waals surface area contributed by atoms with E-state index in [4.69, 9.17) is 0 Å². The predicted octanol–water partition coefficient (Wildman–Crippen LogP) is 4.39. The average Bonchev–Trinajstić information content (AvgIpc) is 1.99. The molecule has 84 valence electrons. The van der Waals surface area contributed by atoms with E-state index in [1.165, 1.54) is 4.90 Å². The minimum Gasteiger partial charge on any atom is -0.389 e. The topological polar surface area (TPSA) is 20.2 Å². The van der Waals surface area contributed by atoms with Crippen LogP contribution < -0.4 is 0 Å². The maximum atomic E-state index is 9.49. The molecule has 1 aromatic carbocycles. The Bertz CT molecular complexity index is 342. The molecule has 0 aliphatic rings. The highest BCUT2D eigenvalue weighted by molar-refractivity contribution is 9.10. The van der Waals surface area contributed by atoms with Crippen LogP contribution in [0.4, 0.5) is 0 Å². The first-order valence-corrected chi connectivity index (χ1v) is 6.57. The zero-order valence-corrected chi connectivity index (χ0v) is 11.9. The number of halogens is 1. The summed E-state index contributed by atoms with van der Waals surface area (Å²) in [4.78, 5) is 1.22. The smallest absolute Gasteiger partial charge is 0.0772 e. The Labute approximate surface area is 104 Å². The highest BCUT2D eigenvalue weighted by atomic mass is 79.9. The molecule has 3 heteroatoms. The Hall–Kier alpha value is 0.01000. The van der Waals surface area contributed by atoms with E-state index in [2.05, 4.69) is 48.8 Å². The zero-order valence-electron chi connectivity index (χ0n) is 9.54. The highest BCUT2D eigenvalue weighted by Crippen LogP contribution is 2.35. The summed E-state index contributed by atoms with van der Waals surface area (Å²) < 4.78 is 1.19. The largest absolute Gasteiger partial charge is 0.389 e. The molecule has 0 spiro atoms. The van der Waals surface area contributed by atoms with Gasteiger partial charge in [0.1, 0.15) is 0 Å². The molecular weight excluding hydrogens is 272 g/mol. The first-order valence-electron chi connectivity index (χ1n) is 4.96. The first kappa shape index (κ1) is 13.1. The number of hydrogen-bond donors (Lipinski definition) is 1. The molecule has 1 aromatic rings. The summed E-state index contributed by atoms with van der Waals surface area (Å²) in [5, 5.41) is 9.49. The predicted molar refractivity (Wildman–Crippen MR) is 70.4 cm³/mol. The van der Waals surface area contributed by atoms with E-state index in [1.54, 1.807) is 6.92 Å². The quantitative estimate of drug-likeness (QED) is 0.815. The Morgan fingerprint density at radius 1 is 1.33 bits per heavy atom. The number of thioether (sulfide) groups is 1. The molecule has 1 N–H and O–H groups in total. The van der Waals surface area contributed by atoms with Crippen molar-refractivity contribution in [2.45, 2.75) is 43.4 Å². The number of hydrogen-bond acceptors (Lipinski definition) is 2. The number of rotatable bonds is 2. The minimum atomic E-state index is -0.423. The van der Waals surface area contributed by atoms with Gasteiger partial charge in [-0.3, -0.25) is 0 Å². The fourth-order valence-electron chi connectivity index (χ4n) is 1.26. The van der Waals surface area contributed by atoms with Crippen molar-refractivity contribution in [2.24, 2.45) is 0 Å². The summed E-state index contributed by atoms with van der Waals surface area (Å²) in [7, 11) is 0. The molecule has 0 saturated carbocycles. The zero-order chi connectivity index (χ0) is 11.6. The van der Waals surface area contributed by atoms with E-state index >= 15 is 0 Å². The fourth-order valence-corrected chi connectivity index (χ4v) is 3.15. The van der Waals surface area contributed by atoms with Crippen LogP contribution in [-0.2, 0) is 0 Å². The second kappa shape index (κ2) is 4.89. The lowest BCUT2D eigenvalue weighted by Crippen LogP contribution is -2.06. The number of benzene rings is 1. The van der Waals surface area contributed by atoms with Crippen LogP contribution in [0.5, 0.6) is 0 Å². The van der Waals surface area contributed by atoms with Crippen LogP contribution >= 0.6 is 27.7 Å². The summed E-state index contributed by atoms with van der Waals surface area (Å²) in [6.07, 6.45) is -0.423. The minimum absolute atomic E-state index is 0.214. The van der Waals surface area contributed by atoms with Crippen LogP contribution in [0.25, 0.3) is 0 Å².